The number of hydrogen-bond donors (Lipinski definition) is 0. The molecule has 0 N–H and O–H groups in total. The molecule has 0 aliphatic carbocycles. The maximum absolute atomic E-state index is 16.4. The summed E-state index contributed by atoms with van der Waals surface area (Å²) in [6.45, 7) is 1.37. The van der Waals surface area contributed by atoms with Crippen molar-refractivity contribution >= 4 is 0 Å². The van der Waals surface area contributed by atoms with Crippen LogP contribution in [0, 0.1) is 0 Å². The fraction of sp³-hybridized carbons (Fsp3) is 0.278. The van der Waals surface area contributed by atoms with Crippen LogP contribution < -0.4 is 0 Å². The average Bonchev–Trinajstić information content (AvgIpc) is 3.20. The van der Waals surface area contributed by atoms with Crippen molar-refractivity contribution in [2.75, 3.05) is 0 Å². The number of alkyl halides is 7. The maximum Gasteiger partial charge on any atom is 0.416 e. The number of nitrogens with zero attached hydrogens (tertiary/aromatic N) is 4. The lowest BCUT2D eigenvalue weighted by molar-refractivity contribution is -0.138. The predicted octanol–water partition coefficient (Wildman–Crippen LogP) is 5.19. The van der Waals surface area contributed by atoms with E-state index in [1.54, 1.807) is 0 Å². The molecule has 1 atom stereocenters. The quantitative estimate of drug-likeness (QED) is 0.548. The van der Waals surface area contributed by atoms with Crippen LogP contribution in [0.2, 0.25) is 0 Å². The van der Waals surface area contributed by atoms with Gasteiger partial charge in [0.15, 0.2) is 5.67 Å². The highest BCUT2D eigenvalue weighted by molar-refractivity contribution is 5.40. The Kier molecular flexibility index (Phi) is 5.10. The first-order valence-corrected chi connectivity index (χ1v) is 8.21. The third-order valence-electron chi connectivity index (χ3n) is 4.60. The second-order valence-electron chi connectivity index (χ2n) is 6.33. The second-order valence-corrected chi connectivity index (χ2v) is 6.33. The summed E-state index contributed by atoms with van der Waals surface area (Å²) < 4.78 is 94.5. The van der Waals surface area contributed by atoms with Crippen molar-refractivity contribution in [2.45, 2.75) is 31.0 Å². The molecule has 0 spiro atoms. The van der Waals surface area contributed by atoms with E-state index in [1.165, 1.54) is 6.92 Å². The zero-order valence-corrected chi connectivity index (χ0v) is 14.7. The van der Waals surface area contributed by atoms with Crippen LogP contribution >= 0.6 is 0 Å². The number of benzene rings is 2. The van der Waals surface area contributed by atoms with E-state index in [1.807, 2.05) is 0 Å². The van der Waals surface area contributed by atoms with Gasteiger partial charge in [0, 0.05) is 0 Å². The molecule has 4 nitrogen and oxygen atoms in total. The molecule has 2 aromatic carbocycles. The summed E-state index contributed by atoms with van der Waals surface area (Å²) in [6.07, 6.45) is -8.13. The van der Waals surface area contributed by atoms with Gasteiger partial charge in [-0.2, -0.15) is 26.3 Å². The van der Waals surface area contributed by atoms with Crippen LogP contribution in [0.25, 0.3) is 0 Å². The fourth-order valence-corrected chi connectivity index (χ4v) is 2.98. The Morgan fingerprint density at radius 2 is 1.07 bits per heavy atom. The largest absolute Gasteiger partial charge is 0.416 e. The van der Waals surface area contributed by atoms with E-state index in [-0.39, 0.29) is 11.1 Å². The van der Waals surface area contributed by atoms with Gasteiger partial charge in [0.25, 0.3) is 0 Å². The van der Waals surface area contributed by atoms with Crippen LogP contribution in [0.5, 0.6) is 0 Å². The summed E-state index contributed by atoms with van der Waals surface area (Å²) in [7, 11) is 0. The van der Waals surface area contributed by atoms with Crippen LogP contribution in [0.4, 0.5) is 30.7 Å². The van der Waals surface area contributed by atoms with Gasteiger partial charge < -0.3 is 0 Å². The first kappa shape index (κ1) is 20.7. The molecule has 1 heterocycles. The molecule has 154 valence electrons. The average molecular weight is 418 g/mol. The summed E-state index contributed by atoms with van der Waals surface area (Å²) >= 11 is 0. The van der Waals surface area contributed by atoms with Gasteiger partial charge in [-0.05, 0) is 52.7 Å². The normalized spacial score (nSPS) is 14.1. The Hall–Kier alpha value is -2.98. The van der Waals surface area contributed by atoms with E-state index < -0.39 is 35.2 Å². The molecule has 1 unspecified atom stereocenters. The summed E-state index contributed by atoms with van der Waals surface area (Å²) in [5.41, 5.74) is -4.84. The van der Waals surface area contributed by atoms with Gasteiger partial charge in [-0.15, -0.1) is 5.10 Å². The minimum absolute atomic E-state index is 0.187. The van der Waals surface area contributed by atoms with Gasteiger partial charge in [-0.25, -0.2) is 9.07 Å². The molecule has 0 aliphatic rings. The van der Waals surface area contributed by atoms with Gasteiger partial charge in [0.2, 0.25) is 0 Å². The highest BCUT2D eigenvalue weighted by atomic mass is 19.4. The predicted molar refractivity (Wildman–Crippen MR) is 87.3 cm³/mol. The molecule has 29 heavy (non-hydrogen) atoms. The highest BCUT2D eigenvalue weighted by Crippen LogP contribution is 2.44. The Morgan fingerprint density at radius 1 is 0.690 bits per heavy atom. The van der Waals surface area contributed by atoms with Crippen molar-refractivity contribution in [3.63, 3.8) is 0 Å². The van der Waals surface area contributed by atoms with Crippen molar-refractivity contribution in [3.8, 4) is 0 Å². The molecule has 11 heteroatoms. The van der Waals surface area contributed by atoms with Crippen molar-refractivity contribution in [1.82, 2.24) is 20.2 Å². The zero-order chi connectivity index (χ0) is 21.4. The molecular formula is C18H13F7N4. The molecule has 0 aliphatic heterocycles. The molecule has 0 fully saturated rings. The first-order valence-electron chi connectivity index (χ1n) is 8.21. The molecular weight excluding hydrogens is 405 g/mol. The molecule has 0 radical (unpaired) electrons. The monoisotopic (exact) mass is 418 g/mol. The smallest absolute Gasteiger partial charge is 0.231 e. The third kappa shape index (κ3) is 3.94. The molecule has 0 bridgehead atoms. The number of halogens is 7. The molecule has 0 saturated carbocycles. The van der Waals surface area contributed by atoms with E-state index in [0.29, 0.717) is 24.3 Å². The SMILES string of the molecule is CC(n1cnnn1)C(F)(c1ccc(C(F)(F)F)cc1)c1ccc(C(F)(F)F)cc1. The summed E-state index contributed by atoms with van der Waals surface area (Å²) in [5, 5.41) is 10.4. The molecule has 0 amide bonds. The highest BCUT2D eigenvalue weighted by Gasteiger charge is 2.43. The summed E-state index contributed by atoms with van der Waals surface area (Å²) in [4.78, 5) is 0. The zero-order valence-electron chi connectivity index (χ0n) is 14.7. The molecule has 1 aromatic heterocycles. The Bertz CT molecular complexity index is 888. The molecule has 3 rings (SSSR count). The Labute approximate surface area is 160 Å². The van der Waals surface area contributed by atoms with Crippen LogP contribution in [0.1, 0.15) is 35.2 Å². The lowest BCUT2D eigenvalue weighted by Crippen LogP contribution is -2.33. The van der Waals surface area contributed by atoms with Crippen LogP contribution in [0.3, 0.4) is 0 Å². The van der Waals surface area contributed by atoms with Crippen molar-refractivity contribution in [3.05, 3.63) is 77.1 Å². The van der Waals surface area contributed by atoms with Gasteiger partial charge in [-0.1, -0.05) is 24.3 Å². The lowest BCUT2D eigenvalue weighted by atomic mass is 9.82. The number of tetrazole rings is 1. The number of rotatable bonds is 4. The van der Waals surface area contributed by atoms with Gasteiger partial charge in [0.1, 0.15) is 6.33 Å². The number of hydrogen-bond acceptors (Lipinski definition) is 3. The minimum atomic E-state index is -4.62. The molecule has 0 saturated heterocycles. The maximum atomic E-state index is 16.4. The second kappa shape index (κ2) is 7.12. The number of aromatic nitrogens is 4. The van der Waals surface area contributed by atoms with Crippen molar-refractivity contribution < 1.29 is 30.7 Å². The fourth-order valence-electron chi connectivity index (χ4n) is 2.98. The summed E-state index contributed by atoms with van der Waals surface area (Å²) in [6, 6.07) is 5.44. The van der Waals surface area contributed by atoms with Crippen molar-refractivity contribution in [2.24, 2.45) is 0 Å². The first-order chi connectivity index (χ1) is 13.4. The van der Waals surface area contributed by atoms with Gasteiger partial charge >= 0.3 is 12.4 Å². The van der Waals surface area contributed by atoms with Crippen LogP contribution in [-0.2, 0) is 18.0 Å². The topological polar surface area (TPSA) is 43.6 Å². The van der Waals surface area contributed by atoms with Crippen molar-refractivity contribution in [1.29, 1.82) is 0 Å². The third-order valence-corrected chi connectivity index (χ3v) is 4.60. The van der Waals surface area contributed by atoms with E-state index >= 15 is 4.39 Å². The molecule has 3 aromatic rings. The van der Waals surface area contributed by atoms with E-state index in [4.69, 9.17) is 0 Å². The van der Waals surface area contributed by atoms with Crippen LogP contribution in [-0.4, -0.2) is 20.2 Å². The van der Waals surface area contributed by atoms with E-state index in [2.05, 4.69) is 15.5 Å². The Balaban J connectivity index is 2.12. The van der Waals surface area contributed by atoms with Gasteiger partial charge in [-0.3, -0.25) is 0 Å². The van der Waals surface area contributed by atoms with Crippen LogP contribution in [0.15, 0.2) is 54.9 Å². The summed E-state index contributed by atoms with van der Waals surface area (Å²) in [5.74, 6) is 0. The van der Waals surface area contributed by atoms with E-state index in [9.17, 15) is 26.3 Å². The Morgan fingerprint density at radius 3 is 1.38 bits per heavy atom. The lowest BCUT2D eigenvalue weighted by Gasteiger charge is -2.32. The van der Waals surface area contributed by atoms with Gasteiger partial charge in [0.05, 0.1) is 17.2 Å². The standard InChI is InChI=1S/C18H13F7N4/c1-11(29-10-26-27-28-29)16(19,12-2-6-14(7-3-12)17(20,21)22)13-4-8-15(9-5-13)18(23,24)25/h2-11H,1H3. The minimum Gasteiger partial charge on any atom is -0.231 e. The van der Waals surface area contributed by atoms with E-state index in [0.717, 1.165) is 35.3 Å².